The summed E-state index contributed by atoms with van der Waals surface area (Å²) in [4.78, 5) is 12.0. The molecule has 9 heteroatoms. The molecule has 0 spiro atoms. The number of rotatable bonds is 7. The average Bonchev–Trinajstić information content (AvgIpc) is 3.25. The summed E-state index contributed by atoms with van der Waals surface area (Å²) in [5, 5.41) is 0.368. The maximum Gasteiger partial charge on any atom is 0.197 e. The van der Waals surface area contributed by atoms with Gasteiger partial charge in [-0.05, 0) is 5.56 Å². The molecule has 0 radical (unpaired) electrons. The number of aromatic nitrogens is 3. The predicted molar refractivity (Wildman–Crippen MR) is 119 cm³/mol. The van der Waals surface area contributed by atoms with Crippen molar-refractivity contribution in [3.63, 3.8) is 0 Å². The fourth-order valence-corrected chi connectivity index (χ4v) is 4.37. The van der Waals surface area contributed by atoms with Gasteiger partial charge in [0.15, 0.2) is 28.2 Å². The van der Waals surface area contributed by atoms with Gasteiger partial charge in [-0.1, -0.05) is 30.3 Å². The zero-order chi connectivity index (χ0) is 21.9. The van der Waals surface area contributed by atoms with Gasteiger partial charge in [-0.2, -0.15) is 0 Å². The number of benzene rings is 2. The van der Waals surface area contributed by atoms with Gasteiger partial charge in [-0.3, -0.25) is 9.19 Å². The molecule has 0 bridgehead atoms. The number of hydrogen-bond acceptors (Lipinski definition) is 7. The number of methoxy groups -OCH3 is 1. The van der Waals surface area contributed by atoms with Crippen molar-refractivity contribution in [1.29, 1.82) is 0 Å². The first-order valence-corrected chi connectivity index (χ1v) is 11.4. The third kappa shape index (κ3) is 4.24. The summed E-state index contributed by atoms with van der Waals surface area (Å²) in [7, 11) is 0.140. The summed E-state index contributed by atoms with van der Waals surface area (Å²) in [6, 6.07) is 15.2. The van der Waals surface area contributed by atoms with Crippen molar-refractivity contribution in [3.8, 4) is 23.0 Å². The van der Waals surface area contributed by atoms with Crippen LogP contribution in [-0.4, -0.2) is 39.5 Å². The maximum atomic E-state index is 12.9. The Labute approximate surface area is 187 Å². The van der Waals surface area contributed by atoms with Gasteiger partial charge < -0.3 is 23.9 Å². The van der Waals surface area contributed by atoms with E-state index in [4.69, 9.17) is 18.9 Å². The first kappa shape index (κ1) is 20.3. The molecule has 0 saturated heterocycles. The summed E-state index contributed by atoms with van der Waals surface area (Å²) in [5.74, 6) is 2.55. The second-order valence-corrected chi connectivity index (χ2v) is 8.51. The highest BCUT2D eigenvalue weighted by molar-refractivity contribution is 7.84. The standard InChI is InChI=1S/C23H21N3O5S/c1-28-19-9-16(24-12-22(19)31-13-15-5-3-2-4-6-15)14-32(27)23-25-17-10-20-21(11-18(17)26-23)30-8-7-29-20/h2-6,9-12H,7-8,13-14H2,1H3,(H,25,26). The lowest BCUT2D eigenvalue weighted by atomic mass is 10.2. The number of aromatic amines is 1. The molecule has 164 valence electrons. The van der Waals surface area contributed by atoms with E-state index in [0.29, 0.717) is 59.2 Å². The summed E-state index contributed by atoms with van der Waals surface area (Å²) >= 11 is 0. The fourth-order valence-electron chi connectivity index (χ4n) is 3.38. The van der Waals surface area contributed by atoms with E-state index in [2.05, 4.69) is 15.0 Å². The van der Waals surface area contributed by atoms with Crippen LogP contribution in [0.3, 0.4) is 0 Å². The van der Waals surface area contributed by atoms with Gasteiger partial charge in [-0.25, -0.2) is 4.98 Å². The summed E-state index contributed by atoms with van der Waals surface area (Å²) in [6.45, 7) is 1.41. The highest BCUT2D eigenvalue weighted by Crippen LogP contribution is 2.34. The molecule has 1 atom stereocenters. The molecule has 1 aliphatic rings. The predicted octanol–water partition coefficient (Wildman–Crippen LogP) is 3.62. The van der Waals surface area contributed by atoms with Gasteiger partial charge in [0, 0.05) is 18.2 Å². The molecule has 2 aromatic carbocycles. The first-order chi connectivity index (χ1) is 15.7. The third-order valence-electron chi connectivity index (χ3n) is 4.96. The van der Waals surface area contributed by atoms with E-state index >= 15 is 0 Å². The smallest absolute Gasteiger partial charge is 0.197 e. The van der Waals surface area contributed by atoms with Crippen molar-refractivity contribution in [2.75, 3.05) is 20.3 Å². The molecule has 4 aromatic rings. The zero-order valence-electron chi connectivity index (χ0n) is 17.4. The second-order valence-electron chi connectivity index (χ2n) is 7.15. The number of nitrogens with one attached hydrogen (secondary N) is 1. The van der Waals surface area contributed by atoms with Crippen LogP contribution in [0.5, 0.6) is 23.0 Å². The quantitative estimate of drug-likeness (QED) is 0.458. The molecule has 8 nitrogen and oxygen atoms in total. The van der Waals surface area contributed by atoms with Gasteiger partial charge in [0.1, 0.15) is 19.8 Å². The highest BCUT2D eigenvalue weighted by atomic mass is 32.2. The van der Waals surface area contributed by atoms with E-state index in [1.807, 2.05) is 36.4 Å². The van der Waals surface area contributed by atoms with Crippen molar-refractivity contribution >= 4 is 21.8 Å². The summed E-state index contributed by atoms with van der Waals surface area (Å²) in [6.07, 6.45) is 1.59. The minimum absolute atomic E-state index is 0.182. The number of hydrogen-bond donors (Lipinski definition) is 1. The fraction of sp³-hybridized carbons (Fsp3) is 0.217. The lowest BCUT2D eigenvalue weighted by Gasteiger charge is -2.17. The number of fused-ring (bicyclic) bond motifs is 2. The van der Waals surface area contributed by atoms with Gasteiger partial charge >= 0.3 is 0 Å². The topological polar surface area (TPSA) is 95.6 Å². The zero-order valence-corrected chi connectivity index (χ0v) is 18.2. The Bertz CT molecular complexity index is 1230. The average molecular weight is 452 g/mol. The number of ether oxygens (including phenoxy) is 4. The highest BCUT2D eigenvalue weighted by Gasteiger charge is 2.18. The molecule has 2 aromatic heterocycles. The Hall–Kier alpha value is -3.59. The van der Waals surface area contributed by atoms with Crippen LogP contribution in [0.25, 0.3) is 11.0 Å². The number of H-pyrrole nitrogens is 1. The Morgan fingerprint density at radius 3 is 2.62 bits per heavy atom. The van der Waals surface area contributed by atoms with Gasteiger partial charge in [-0.15, -0.1) is 0 Å². The van der Waals surface area contributed by atoms with Crippen LogP contribution in [0.15, 0.2) is 59.9 Å². The molecule has 0 amide bonds. The molecule has 1 unspecified atom stereocenters. The molecule has 1 N–H and O–H groups in total. The monoisotopic (exact) mass is 451 g/mol. The van der Waals surface area contributed by atoms with E-state index in [-0.39, 0.29) is 5.75 Å². The second kappa shape index (κ2) is 8.88. The van der Waals surface area contributed by atoms with Crippen molar-refractivity contribution in [3.05, 3.63) is 66.0 Å². The lowest BCUT2D eigenvalue weighted by molar-refractivity contribution is 0.172. The van der Waals surface area contributed by atoms with Gasteiger partial charge in [0.25, 0.3) is 0 Å². The van der Waals surface area contributed by atoms with Crippen molar-refractivity contribution in [2.45, 2.75) is 17.5 Å². The minimum Gasteiger partial charge on any atom is -0.493 e. The van der Waals surface area contributed by atoms with Crippen LogP contribution < -0.4 is 18.9 Å². The van der Waals surface area contributed by atoms with Crippen LogP contribution in [0.1, 0.15) is 11.3 Å². The SMILES string of the molecule is COc1cc(CS(=O)c2nc3cc4c(cc3[nH]2)OCCO4)ncc1OCc1ccccc1. The van der Waals surface area contributed by atoms with Crippen molar-refractivity contribution in [1.82, 2.24) is 15.0 Å². The van der Waals surface area contributed by atoms with Gasteiger partial charge in [0.05, 0.1) is 46.6 Å². The molecule has 5 rings (SSSR count). The van der Waals surface area contributed by atoms with E-state index in [0.717, 1.165) is 11.1 Å². The van der Waals surface area contributed by atoms with Crippen LogP contribution in [0, 0.1) is 0 Å². The van der Waals surface area contributed by atoms with Crippen molar-refractivity contribution in [2.24, 2.45) is 0 Å². The number of nitrogens with zero attached hydrogens (tertiary/aromatic N) is 2. The van der Waals surface area contributed by atoms with Crippen LogP contribution in [0.2, 0.25) is 0 Å². The Balaban J connectivity index is 1.31. The summed E-state index contributed by atoms with van der Waals surface area (Å²) < 4.78 is 35.4. The van der Waals surface area contributed by atoms with E-state index in [1.54, 1.807) is 25.4 Å². The molecule has 32 heavy (non-hydrogen) atoms. The van der Waals surface area contributed by atoms with Crippen molar-refractivity contribution < 1.29 is 23.2 Å². The Kier molecular flexibility index (Phi) is 5.64. The largest absolute Gasteiger partial charge is 0.493 e. The van der Waals surface area contributed by atoms with Crippen LogP contribution in [0.4, 0.5) is 0 Å². The number of pyridine rings is 1. The van der Waals surface area contributed by atoms with E-state index < -0.39 is 10.8 Å². The molecule has 3 heterocycles. The Morgan fingerprint density at radius 2 is 1.84 bits per heavy atom. The molecule has 1 aliphatic heterocycles. The molecule has 0 aliphatic carbocycles. The van der Waals surface area contributed by atoms with E-state index in [1.165, 1.54) is 0 Å². The normalized spacial score (nSPS) is 13.7. The van der Waals surface area contributed by atoms with Crippen LogP contribution in [-0.2, 0) is 23.2 Å². The third-order valence-corrected chi connectivity index (χ3v) is 6.15. The van der Waals surface area contributed by atoms with Crippen LogP contribution >= 0.6 is 0 Å². The molecule has 0 fully saturated rings. The number of imidazole rings is 1. The van der Waals surface area contributed by atoms with Gasteiger partial charge in [0.2, 0.25) is 0 Å². The lowest BCUT2D eigenvalue weighted by Crippen LogP contribution is -2.15. The minimum atomic E-state index is -1.43. The first-order valence-electron chi connectivity index (χ1n) is 10.1. The summed E-state index contributed by atoms with van der Waals surface area (Å²) in [5.41, 5.74) is 3.07. The Morgan fingerprint density at radius 1 is 1.06 bits per heavy atom. The van der Waals surface area contributed by atoms with E-state index in [9.17, 15) is 4.21 Å². The molecular formula is C23H21N3O5S. The maximum absolute atomic E-state index is 12.9. The molecular weight excluding hydrogens is 430 g/mol. The molecule has 0 saturated carbocycles.